The van der Waals surface area contributed by atoms with Crippen LogP contribution in [0.5, 0.6) is 0 Å². The Balaban J connectivity index is 0.00000176. The average Bonchev–Trinajstić information content (AvgIpc) is 2.69. The van der Waals surface area contributed by atoms with Crippen molar-refractivity contribution in [3.05, 3.63) is 101 Å². The summed E-state index contributed by atoms with van der Waals surface area (Å²) < 4.78 is 0. The molecule has 0 aliphatic rings. The lowest BCUT2D eigenvalue weighted by Gasteiger charge is -2.06. The smallest absolute Gasteiger partial charge is 0.224 e. The second-order valence-corrected chi connectivity index (χ2v) is 5.95. The Kier molecular flexibility index (Phi) is 11.0. The molecule has 142 valence electrons. The summed E-state index contributed by atoms with van der Waals surface area (Å²) in [5.74, 6) is 0.0408. The van der Waals surface area contributed by atoms with E-state index in [-0.39, 0.29) is 5.91 Å². The molecule has 0 bridgehead atoms. The highest BCUT2D eigenvalue weighted by molar-refractivity contribution is 5.78. The highest BCUT2D eigenvalue weighted by atomic mass is 16.1. The molecule has 1 N–H and O–H groups in total. The summed E-state index contributed by atoms with van der Waals surface area (Å²) >= 11 is 0. The van der Waals surface area contributed by atoms with Gasteiger partial charge in [0.2, 0.25) is 5.91 Å². The zero-order valence-corrected chi connectivity index (χ0v) is 16.9. The van der Waals surface area contributed by atoms with Crippen molar-refractivity contribution >= 4 is 12.0 Å². The van der Waals surface area contributed by atoms with Crippen LogP contribution in [-0.4, -0.2) is 5.91 Å². The predicted molar refractivity (Wildman–Crippen MR) is 118 cm³/mol. The standard InChI is InChI=1S/C23H25NO.C2H6/c1-3-4-5-6-7-10-20-12-14-21(15-13-20)17-23(25)24-18-22-11-8-9-19(2)16-22;1-2/h3-16H,17-18H2,1-2H3,(H,24,25);1-2H3/b4-3-,6-5-,10-7+;. The summed E-state index contributed by atoms with van der Waals surface area (Å²) in [7, 11) is 0. The predicted octanol–water partition coefficient (Wildman–Crippen LogP) is 6.03. The summed E-state index contributed by atoms with van der Waals surface area (Å²) in [5, 5.41) is 2.97. The highest BCUT2D eigenvalue weighted by Gasteiger charge is 2.03. The van der Waals surface area contributed by atoms with E-state index in [2.05, 4.69) is 24.4 Å². The fourth-order valence-electron chi connectivity index (χ4n) is 2.42. The van der Waals surface area contributed by atoms with Gasteiger partial charge in [-0.25, -0.2) is 0 Å². The van der Waals surface area contributed by atoms with Gasteiger partial charge in [-0.15, -0.1) is 0 Å². The van der Waals surface area contributed by atoms with Gasteiger partial charge in [0.25, 0.3) is 0 Å². The lowest BCUT2D eigenvalue weighted by molar-refractivity contribution is -0.120. The van der Waals surface area contributed by atoms with E-state index in [1.54, 1.807) is 0 Å². The Bertz CT molecular complexity index is 767. The maximum absolute atomic E-state index is 12.1. The monoisotopic (exact) mass is 361 g/mol. The number of rotatable bonds is 7. The van der Waals surface area contributed by atoms with E-state index in [9.17, 15) is 4.79 Å². The van der Waals surface area contributed by atoms with E-state index in [0.717, 1.165) is 16.7 Å². The molecule has 27 heavy (non-hydrogen) atoms. The number of amides is 1. The number of allylic oxidation sites excluding steroid dienone is 5. The quantitative estimate of drug-likeness (QED) is 0.600. The van der Waals surface area contributed by atoms with E-state index < -0.39 is 0 Å². The van der Waals surface area contributed by atoms with Crippen molar-refractivity contribution in [1.82, 2.24) is 5.32 Å². The summed E-state index contributed by atoms with van der Waals surface area (Å²) in [5.41, 5.74) is 4.47. The molecule has 2 rings (SSSR count). The van der Waals surface area contributed by atoms with Crippen molar-refractivity contribution < 1.29 is 4.79 Å². The van der Waals surface area contributed by atoms with Crippen LogP contribution in [0, 0.1) is 6.92 Å². The van der Waals surface area contributed by atoms with Gasteiger partial charge in [-0.05, 0) is 30.5 Å². The molecule has 2 aromatic rings. The number of carbonyl (C=O) groups is 1. The van der Waals surface area contributed by atoms with Crippen LogP contribution in [0.3, 0.4) is 0 Å². The highest BCUT2D eigenvalue weighted by Crippen LogP contribution is 2.08. The van der Waals surface area contributed by atoms with Gasteiger partial charge >= 0.3 is 0 Å². The van der Waals surface area contributed by atoms with Crippen LogP contribution < -0.4 is 5.32 Å². The average molecular weight is 362 g/mol. The number of hydrogen-bond acceptors (Lipinski definition) is 1. The van der Waals surface area contributed by atoms with Crippen molar-refractivity contribution in [3.63, 3.8) is 0 Å². The van der Waals surface area contributed by atoms with Gasteiger partial charge in [-0.2, -0.15) is 0 Å². The Morgan fingerprint density at radius 1 is 0.926 bits per heavy atom. The van der Waals surface area contributed by atoms with Gasteiger partial charge in [-0.1, -0.05) is 104 Å². The van der Waals surface area contributed by atoms with E-state index in [4.69, 9.17) is 0 Å². The molecule has 0 aliphatic heterocycles. The molecule has 2 heteroatoms. The molecule has 2 nitrogen and oxygen atoms in total. The summed E-state index contributed by atoms with van der Waals surface area (Å²) in [4.78, 5) is 12.1. The van der Waals surface area contributed by atoms with Gasteiger partial charge in [0.15, 0.2) is 0 Å². The number of nitrogens with one attached hydrogen (secondary N) is 1. The topological polar surface area (TPSA) is 29.1 Å². The third-order valence-corrected chi connectivity index (χ3v) is 3.73. The van der Waals surface area contributed by atoms with Crippen LogP contribution in [0.15, 0.2) is 78.9 Å². The van der Waals surface area contributed by atoms with Crippen LogP contribution in [0.25, 0.3) is 6.08 Å². The molecule has 0 aromatic heterocycles. The maximum Gasteiger partial charge on any atom is 0.224 e. The first-order valence-electron chi connectivity index (χ1n) is 9.54. The summed E-state index contributed by atoms with van der Waals surface area (Å²) in [6.07, 6.45) is 12.4. The fourth-order valence-corrected chi connectivity index (χ4v) is 2.42. The largest absolute Gasteiger partial charge is 0.352 e. The SMILES string of the molecule is CC.C\C=C/C=C\C=C\c1ccc(CC(=O)NCc2cccc(C)c2)cc1. The number of hydrogen-bond donors (Lipinski definition) is 1. The van der Waals surface area contributed by atoms with Crippen LogP contribution in [0.1, 0.15) is 43.0 Å². The molecule has 1 amide bonds. The summed E-state index contributed by atoms with van der Waals surface area (Å²) in [6, 6.07) is 16.2. The molecular formula is C25H31NO. The molecule has 0 saturated heterocycles. The van der Waals surface area contributed by atoms with Gasteiger partial charge in [-0.3, -0.25) is 4.79 Å². The first-order chi connectivity index (χ1) is 13.2. The molecule has 0 fully saturated rings. The summed E-state index contributed by atoms with van der Waals surface area (Å²) in [6.45, 7) is 8.61. The molecule has 0 spiro atoms. The lowest BCUT2D eigenvalue weighted by atomic mass is 10.1. The minimum absolute atomic E-state index is 0.0408. The van der Waals surface area contributed by atoms with E-state index in [1.165, 1.54) is 5.56 Å². The van der Waals surface area contributed by atoms with Crippen LogP contribution >= 0.6 is 0 Å². The number of carbonyl (C=O) groups excluding carboxylic acids is 1. The van der Waals surface area contributed by atoms with E-state index in [0.29, 0.717) is 13.0 Å². The maximum atomic E-state index is 12.1. The van der Waals surface area contributed by atoms with Gasteiger partial charge in [0, 0.05) is 6.54 Å². The molecule has 0 atom stereocenters. The Hall–Kier alpha value is -2.87. The first kappa shape index (κ1) is 22.2. The van der Waals surface area contributed by atoms with Gasteiger partial charge < -0.3 is 5.32 Å². The van der Waals surface area contributed by atoms with Crippen molar-refractivity contribution in [2.75, 3.05) is 0 Å². The second-order valence-electron chi connectivity index (χ2n) is 5.95. The van der Waals surface area contributed by atoms with Crippen LogP contribution in [-0.2, 0) is 17.8 Å². The molecule has 2 aromatic carbocycles. The third kappa shape index (κ3) is 9.41. The molecule has 0 saturated carbocycles. The van der Waals surface area contributed by atoms with Crippen LogP contribution in [0.4, 0.5) is 0 Å². The van der Waals surface area contributed by atoms with Gasteiger partial charge in [0.05, 0.1) is 6.42 Å². The van der Waals surface area contributed by atoms with Crippen molar-refractivity contribution in [2.45, 2.75) is 40.7 Å². The zero-order valence-electron chi connectivity index (χ0n) is 16.9. The van der Waals surface area contributed by atoms with Crippen molar-refractivity contribution in [2.24, 2.45) is 0 Å². The second kappa shape index (κ2) is 13.3. The Morgan fingerprint density at radius 3 is 2.30 bits per heavy atom. The van der Waals surface area contributed by atoms with E-state index >= 15 is 0 Å². The molecule has 0 heterocycles. The van der Waals surface area contributed by atoms with Crippen molar-refractivity contribution in [1.29, 1.82) is 0 Å². The fraction of sp³-hybridized carbons (Fsp3) is 0.240. The van der Waals surface area contributed by atoms with Crippen LogP contribution in [0.2, 0.25) is 0 Å². The molecule has 0 radical (unpaired) electrons. The molecule has 0 unspecified atom stereocenters. The Morgan fingerprint density at radius 2 is 1.63 bits per heavy atom. The minimum Gasteiger partial charge on any atom is -0.352 e. The normalized spacial score (nSPS) is 11.0. The van der Waals surface area contributed by atoms with E-state index in [1.807, 2.05) is 93.6 Å². The lowest BCUT2D eigenvalue weighted by Crippen LogP contribution is -2.24. The number of aryl methyl sites for hydroxylation is 1. The molecule has 0 aliphatic carbocycles. The van der Waals surface area contributed by atoms with Crippen molar-refractivity contribution in [3.8, 4) is 0 Å². The zero-order chi connectivity index (χ0) is 19.9. The minimum atomic E-state index is 0.0408. The third-order valence-electron chi connectivity index (χ3n) is 3.73. The first-order valence-corrected chi connectivity index (χ1v) is 9.54. The molecular weight excluding hydrogens is 330 g/mol. The Labute approximate surface area is 164 Å². The van der Waals surface area contributed by atoms with Gasteiger partial charge in [0.1, 0.15) is 0 Å². The number of benzene rings is 2.